The number of halogens is 1. The molecule has 2 unspecified atom stereocenters. The lowest BCUT2D eigenvalue weighted by Crippen LogP contribution is -2.14. The van der Waals surface area contributed by atoms with E-state index in [0.717, 1.165) is 46.9 Å². The van der Waals surface area contributed by atoms with Gasteiger partial charge >= 0.3 is 0 Å². The van der Waals surface area contributed by atoms with E-state index >= 15 is 0 Å². The van der Waals surface area contributed by atoms with Gasteiger partial charge in [0.15, 0.2) is 0 Å². The number of benzene rings is 1. The van der Waals surface area contributed by atoms with Gasteiger partial charge in [-0.15, -0.1) is 0 Å². The zero-order chi connectivity index (χ0) is 14.1. The number of aromatic nitrogens is 1. The standard InChI is InChI=1S/C15H18BrN3O/c16-10-2-4-14-12(6-10)15(13(17)8-18-14)19-7-9-1-3-11(20)5-9/h2,4,6,8-9,11,20H,1,3,5,7,17H2,(H,18,19). The van der Waals surface area contributed by atoms with Gasteiger partial charge in [0, 0.05) is 16.4 Å². The number of hydrogen-bond donors (Lipinski definition) is 3. The van der Waals surface area contributed by atoms with Crippen LogP contribution in [0.15, 0.2) is 28.9 Å². The zero-order valence-electron chi connectivity index (χ0n) is 11.1. The van der Waals surface area contributed by atoms with E-state index in [1.54, 1.807) is 6.20 Å². The van der Waals surface area contributed by atoms with Crippen LogP contribution in [0.25, 0.3) is 10.9 Å². The Labute approximate surface area is 126 Å². The number of nitrogens with zero attached hydrogens (tertiary/aromatic N) is 1. The monoisotopic (exact) mass is 335 g/mol. The Morgan fingerprint density at radius 2 is 2.25 bits per heavy atom. The number of nitrogen functional groups attached to an aromatic ring is 1. The Bertz CT molecular complexity index is 627. The van der Waals surface area contributed by atoms with Crippen LogP contribution in [-0.2, 0) is 0 Å². The Hall–Kier alpha value is -1.33. The van der Waals surface area contributed by atoms with Crippen LogP contribution in [0.1, 0.15) is 19.3 Å². The van der Waals surface area contributed by atoms with Gasteiger partial charge in [-0.1, -0.05) is 15.9 Å². The average molecular weight is 336 g/mol. The lowest BCUT2D eigenvalue weighted by Gasteiger charge is -2.15. The molecule has 1 saturated carbocycles. The maximum atomic E-state index is 9.59. The highest BCUT2D eigenvalue weighted by atomic mass is 79.9. The molecule has 1 aliphatic rings. The van der Waals surface area contributed by atoms with Gasteiger partial charge < -0.3 is 16.2 Å². The van der Waals surface area contributed by atoms with Crippen molar-refractivity contribution >= 4 is 38.2 Å². The summed E-state index contributed by atoms with van der Waals surface area (Å²) in [5, 5.41) is 14.1. The molecule has 4 N–H and O–H groups in total. The molecule has 0 spiro atoms. The van der Waals surface area contributed by atoms with Gasteiger partial charge in [-0.25, -0.2) is 0 Å². The minimum absolute atomic E-state index is 0.137. The van der Waals surface area contributed by atoms with Gasteiger partial charge in [0.25, 0.3) is 0 Å². The van der Waals surface area contributed by atoms with Crippen LogP contribution < -0.4 is 11.1 Å². The molecule has 0 bridgehead atoms. The summed E-state index contributed by atoms with van der Waals surface area (Å²) in [5.41, 5.74) is 8.59. The number of pyridine rings is 1. The van der Waals surface area contributed by atoms with Crippen molar-refractivity contribution in [2.45, 2.75) is 25.4 Å². The Morgan fingerprint density at radius 3 is 3.00 bits per heavy atom. The van der Waals surface area contributed by atoms with Crippen molar-refractivity contribution in [1.29, 1.82) is 0 Å². The minimum Gasteiger partial charge on any atom is -0.396 e. The van der Waals surface area contributed by atoms with Crippen molar-refractivity contribution in [2.75, 3.05) is 17.6 Å². The second kappa shape index (κ2) is 5.58. The highest BCUT2D eigenvalue weighted by Gasteiger charge is 2.22. The van der Waals surface area contributed by atoms with Gasteiger partial charge in [0.1, 0.15) is 0 Å². The molecule has 106 valence electrons. The van der Waals surface area contributed by atoms with Crippen molar-refractivity contribution in [1.82, 2.24) is 4.98 Å². The summed E-state index contributed by atoms with van der Waals surface area (Å²) in [4.78, 5) is 4.35. The van der Waals surface area contributed by atoms with Crippen molar-refractivity contribution in [3.8, 4) is 0 Å². The highest BCUT2D eigenvalue weighted by molar-refractivity contribution is 9.10. The summed E-state index contributed by atoms with van der Waals surface area (Å²) in [6.45, 7) is 0.840. The van der Waals surface area contributed by atoms with Crippen molar-refractivity contribution < 1.29 is 5.11 Å². The number of rotatable bonds is 3. The van der Waals surface area contributed by atoms with E-state index in [1.165, 1.54) is 0 Å². The minimum atomic E-state index is -0.137. The van der Waals surface area contributed by atoms with Crippen molar-refractivity contribution in [2.24, 2.45) is 5.92 Å². The number of nitrogens with one attached hydrogen (secondary N) is 1. The smallest absolute Gasteiger partial charge is 0.0743 e. The zero-order valence-corrected chi connectivity index (χ0v) is 12.7. The third-order valence-corrected chi connectivity index (χ3v) is 4.43. The van der Waals surface area contributed by atoms with Crippen molar-refractivity contribution in [3.63, 3.8) is 0 Å². The van der Waals surface area contributed by atoms with Crippen LogP contribution in [0, 0.1) is 5.92 Å². The Kier molecular flexibility index (Phi) is 3.81. The topological polar surface area (TPSA) is 71.2 Å². The SMILES string of the molecule is Nc1cnc2ccc(Br)cc2c1NCC1CCC(O)C1. The highest BCUT2D eigenvalue weighted by Crippen LogP contribution is 2.32. The summed E-state index contributed by atoms with van der Waals surface area (Å²) >= 11 is 3.49. The predicted octanol–water partition coefficient (Wildman–Crippen LogP) is 3.15. The molecule has 0 amide bonds. The summed E-state index contributed by atoms with van der Waals surface area (Å²) in [5.74, 6) is 0.514. The van der Waals surface area contributed by atoms with E-state index in [9.17, 15) is 5.11 Å². The van der Waals surface area contributed by atoms with Crippen LogP contribution in [-0.4, -0.2) is 22.7 Å². The third-order valence-electron chi connectivity index (χ3n) is 3.94. The van der Waals surface area contributed by atoms with Gasteiger partial charge in [-0.05, 0) is 43.4 Å². The molecule has 1 aromatic carbocycles. The second-order valence-electron chi connectivity index (χ2n) is 5.46. The van der Waals surface area contributed by atoms with Crippen LogP contribution in [0.2, 0.25) is 0 Å². The molecule has 1 heterocycles. The first kappa shape index (κ1) is 13.6. The van der Waals surface area contributed by atoms with Gasteiger partial charge in [-0.3, -0.25) is 4.98 Å². The summed E-state index contributed by atoms with van der Waals surface area (Å²) in [6.07, 6.45) is 4.41. The number of hydrogen-bond acceptors (Lipinski definition) is 4. The molecule has 2 atom stereocenters. The van der Waals surface area contributed by atoms with E-state index in [0.29, 0.717) is 11.6 Å². The lowest BCUT2D eigenvalue weighted by molar-refractivity contribution is 0.178. The normalized spacial score (nSPS) is 22.3. The molecule has 4 nitrogen and oxygen atoms in total. The molecule has 5 heteroatoms. The molecule has 0 saturated heterocycles. The van der Waals surface area contributed by atoms with E-state index < -0.39 is 0 Å². The molecule has 0 aliphatic heterocycles. The second-order valence-corrected chi connectivity index (χ2v) is 6.38. The fourth-order valence-corrected chi connectivity index (χ4v) is 3.22. The lowest BCUT2D eigenvalue weighted by atomic mass is 10.1. The average Bonchev–Trinajstić information content (AvgIpc) is 2.83. The summed E-state index contributed by atoms with van der Waals surface area (Å²) < 4.78 is 1.01. The molecular formula is C15H18BrN3O. The molecule has 1 fully saturated rings. The number of aliphatic hydroxyl groups is 1. The van der Waals surface area contributed by atoms with Gasteiger partial charge in [-0.2, -0.15) is 0 Å². The molecule has 20 heavy (non-hydrogen) atoms. The molecule has 1 aromatic heterocycles. The quantitative estimate of drug-likeness (QED) is 0.805. The first-order valence-electron chi connectivity index (χ1n) is 6.89. The molecule has 0 radical (unpaired) electrons. The van der Waals surface area contributed by atoms with Gasteiger partial charge in [0.05, 0.1) is 29.2 Å². The van der Waals surface area contributed by atoms with E-state index in [1.807, 2.05) is 18.2 Å². The van der Waals surface area contributed by atoms with Crippen LogP contribution in [0.3, 0.4) is 0 Å². The summed E-state index contributed by atoms with van der Waals surface area (Å²) in [7, 11) is 0. The Morgan fingerprint density at radius 1 is 1.40 bits per heavy atom. The summed E-state index contributed by atoms with van der Waals surface area (Å²) in [6, 6.07) is 5.98. The van der Waals surface area contributed by atoms with Crippen molar-refractivity contribution in [3.05, 3.63) is 28.9 Å². The largest absolute Gasteiger partial charge is 0.396 e. The van der Waals surface area contributed by atoms with Crippen LogP contribution in [0.4, 0.5) is 11.4 Å². The number of nitrogens with two attached hydrogens (primary N) is 1. The first-order valence-corrected chi connectivity index (χ1v) is 7.68. The fraction of sp³-hybridized carbons (Fsp3) is 0.400. The predicted molar refractivity (Wildman–Crippen MR) is 85.7 cm³/mol. The maximum Gasteiger partial charge on any atom is 0.0743 e. The molecule has 3 rings (SSSR count). The first-order chi connectivity index (χ1) is 9.63. The number of fused-ring (bicyclic) bond motifs is 1. The maximum absolute atomic E-state index is 9.59. The number of aliphatic hydroxyl groups excluding tert-OH is 1. The number of anilines is 2. The third kappa shape index (κ3) is 2.74. The van der Waals surface area contributed by atoms with E-state index in [4.69, 9.17) is 5.73 Å². The Balaban J connectivity index is 1.86. The van der Waals surface area contributed by atoms with E-state index in [2.05, 4.69) is 26.2 Å². The van der Waals surface area contributed by atoms with E-state index in [-0.39, 0.29) is 6.10 Å². The van der Waals surface area contributed by atoms with Crippen LogP contribution >= 0.6 is 15.9 Å². The van der Waals surface area contributed by atoms with Gasteiger partial charge in [0.2, 0.25) is 0 Å². The fourth-order valence-electron chi connectivity index (χ4n) is 2.86. The molecular weight excluding hydrogens is 318 g/mol. The molecule has 2 aromatic rings. The van der Waals surface area contributed by atoms with Crippen LogP contribution in [0.5, 0.6) is 0 Å². The molecule has 1 aliphatic carbocycles.